The van der Waals surface area contributed by atoms with Crippen LogP contribution in [0.3, 0.4) is 0 Å². The third kappa shape index (κ3) is 12.7. The fraction of sp³-hybridized carbons (Fsp3) is 0.954. The zero-order valence-corrected chi connectivity index (χ0v) is 56.1. The molecule has 4 saturated carbocycles. The minimum atomic E-state index is -2.01. The minimum absolute atomic E-state index is 0.0687. The van der Waals surface area contributed by atoms with Gasteiger partial charge < -0.3 is 154 Å². The van der Waals surface area contributed by atoms with Crippen molar-refractivity contribution in [1.29, 1.82) is 0 Å². The normalized spacial score (nSPS) is 56.2. The summed E-state index contributed by atoms with van der Waals surface area (Å²) in [6.45, 7) is 13.9. The van der Waals surface area contributed by atoms with Crippen molar-refractivity contribution in [3.8, 4) is 0 Å². The minimum Gasteiger partial charge on any atom is -0.432 e. The number of hydrogen-bond donors (Lipinski definition) is 19. The summed E-state index contributed by atoms with van der Waals surface area (Å²) in [7, 11) is 0. The second-order valence-electron chi connectivity index (χ2n) is 31.5. The van der Waals surface area contributed by atoms with Crippen molar-refractivity contribution in [3.05, 3.63) is 11.6 Å². The maximum Gasteiger partial charge on any atom is 0.317 e. The molecule has 0 aromatic carbocycles. The van der Waals surface area contributed by atoms with E-state index in [1.807, 2.05) is 0 Å². The second-order valence-corrected chi connectivity index (χ2v) is 31.5. The maximum absolute atomic E-state index is 15.7. The molecule has 0 radical (unpaired) electrons. The molecule has 5 aliphatic carbocycles. The molecule has 0 aromatic rings. The van der Waals surface area contributed by atoms with Gasteiger partial charge in [-0.2, -0.15) is 0 Å². The molecular formula is C65H106O32. The first-order valence-electron chi connectivity index (χ1n) is 34.2. The number of carbonyl (C=O) groups excluding carboxylic acids is 1. The summed E-state index contributed by atoms with van der Waals surface area (Å²) in [6, 6.07) is 0. The number of ether oxygens (including phenoxy) is 12. The zero-order chi connectivity index (χ0) is 71.0. The number of carbonyl (C=O) groups is 1. The van der Waals surface area contributed by atoms with Gasteiger partial charge >= 0.3 is 5.97 Å². The van der Waals surface area contributed by atoms with Gasteiger partial charge in [-0.15, -0.1) is 0 Å². The van der Waals surface area contributed by atoms with Crippen molar-refractivity contribution >= 4 is 5.97 Å². The Hall–Kier alpha value is -1.99. The summed E-state index contributed by atoms with van der Waals surface area (Å²) in [5.74, 6) is -2.13. The van der Waals surface area contributed by atoms with E-state index in [1.54, 1.807) is 6.92 Å². The zero-order valence-electron chi connectivity index (χ0n) is 56.1. The topological polar surface area (TPSA) is 512 Å². The van der Waals surface area contributed by atoms with Crippen molar-refractivity contribution in [2.45, 2.75) is 310 Å². The lowest BCUT2D eigenvalue weighted by molar-refractivity contribution is -0.380. The lowest BCUT2D eigenvalue weighted by atomic mass is 9.33. The van der Waals surface area contributed by atoms with Crippen LogP contribution in [0.5, 0.6) is 0 Å². The van der Waals surface area contributed by atoms with Crippen LogP contribution >= 0.6 is 0 Å². The Balaban J connectivity index is 0.802. The molecule has 40 atom stereocenters. The first-order chi connectivity index (χ1) is 45.4. The summed E-state index contributed by atoms with van der Waals surface area (Å²) >= 11 is 0. The summed E-state index contributed by atoms with van der Waals surface area (Å²) in [6.07, 6.45) is -47.5. The first-order valence-corrected chi connectivity index (χ1v) is 34.2. The van der Waals surface area contributed by atoms with E-state index in [0.29, 0.717) is 32.1 Å². The van der Waals surface area contributed by atoms with Crippen LogP contribution in [0.1, 0.15) is 114 Å². The Morgan fingerprint density at radius 2 is 1.00 bits per heavy atom. The van der Waals surface area contributed by atoms with Crippen molar-refractivity contribution in [3.63, 3.8) is 0 Å². The van der Waals surface area contributed by atoms with Gasteiger partial charge in [-0.1, -0.05) is 53.2 Å². The van der Waals surface area contributed by atoms with Gasteiger partial charge in [0, 0.05) is 5.41 Å². The van der Waals surface area contributed by atoms with Gasteiger partial charge in [-0.25, -0.2) is 0 Å². The molecule has 0 aromatic heterocycles. The van der Waals surface area contributed by atoms with E-state index in [0.717, 1.165) is 5.57 Å². The van der Waals surface area contributed by atoms with E-state index < -0.39 is 262 Å². The van der Waals surface area contributed by atoms with E-state index in [1.165, 1.54) is 20.8 Å². The van der Waals surface area contributed by atoms with E-state index in [4.69, 9.17) is 56.8 Å². The lowest BCUT2D eigenvalue weighted by Gasteiger charge is -2.72. The van der Waals surface area contributed by atoms with Crippen LogP contribution in [0, 0.1) is 50.2 Å². The highest BCUT2D eigenvalue weighted by atomic mass is 16.8. The number of hydrogen-bond acceptors (Lipinski definition) is 32. The Kier molecular flexibility index (Phi) is 22.1. The maximum atomic E-state index is 15.7. The van der Waals surface area contributed by atoms with Crippen LogP contribution in [-0.2, 0) is 61.6 Å². The number of esters is 1. The fourth-order valence-electron chi connectivity index (χ4n) is 19.3. The highest BCUT2D eigenvalue weighted by Gasteiger charge is 2.74. The average molecular weight is 1400 g/mol. The molecule has 11 aliphatic rings. The van der Waals surface area contributed by atoms with E-state index >= 15 is 4.79 Å². The van der Waals surface area contributed by atoms with Crippen molar-refractivity contribution in [2.24, 2.45) is 50.2 Å². The molecule has 32 nitrogen and oxygen atoms in total. The SMILES string of the molecule is C[C@@H]1O[C@@H](O[C@@H]2[C@@H](O)[C@H](O[C@@H]3[C@@H](O)[C@@H](O)[C@H](O[C@H]4[C@H](OC(=O)[C@]56CCC(C)(C)C[C@H]5C5=CC[C@@H]7[C@@]8(C)C[C@H](O)[C@H](O[C@@H]9O[C@H](CO)[C@@H](O)[C@H](O[C@@H]%10O[C@H](CO)[C@@H](O)[C@H](O)[C@H]%10O)[C@H]9O)[C@@](C)(CO)[C@@H]8CC[C@@]7(C)[C@]5(C)C[C@@H]6O)O[C@H](C)[C@H](O)[C@@H]4O)O[C@H]3C)OC[C@H]2O)[C@H](O)[C@H](O)[C@H]1O. The molecule has 6 aliphatic heterocycles. The van der Waals surface area contributed by atoms with Gasteiger partial charge in [0.05, 0.1) is 63.1 Å². The van der Waals surface area contributed by atoms with E-state index in [9.17, 15) is 97.0 Å². The molecule has 0 spiro atoms. The summed E-state index contributed by atoms with van der Waals surface area (Å²) in [5.41, 5.74) is -4.54. The molecule has 32 heteroatoms. The van der Waals surface area contributed by atoms with Gasteiger partial charge in [-0.05, 0) is 112 Å². The number of allylic oxidation sites excluding steroid dienone is 2. The Morgan fingerprint density at radius 1 is 0.485 bits per heavy atom. The van der Waals surface area contributed by atoms with Crippen molar-refractivity contribution in [1.82, 2.24) is 0 Å². The van der Waals surface area contributed by atoms with Gasteiger partial charge in [0.2, 0.25) is 6.29 Å². The molecule has 6 heterocycles. The number of rotatable bonds is 15. The number of aliphatic hydroxyl groups is 19. The third-order valence-corrected chi connectivity index (χ3v) is 25.3. The predicted octanol–water partition coefficient (Wildman–Crippen LogP) is -5.75. The van der Waals surface area contributed by atoms with Crippen LogP contribution < -0.4 is 0 Å². The molecule has 0 amide bonds. The van der Waals surface area contributed by atoms with Gasteiger partial charge in [0.15, 0.2) is 37.6 Å². The van der Waals surface area contributed by atoms with Crippen LogP contribution in [-0.4, -0.2) is 326 Å². The van der Waals surface area contributed by atoms with Gasteiger partial charge in [0.25, 0.3) is 0 Å². The highest BCUT2D eigenvalue weighted by molar-refractivity contribution is 5.80. The van der Waals surface area contributed by atoms with Crippen LogP contribution in [0.15, 0.2) is 11.6 Å². The standard InChI is InChI=1S/C65H106O32/c1-23-35(72)39(76)43(80)54(87-23)93-49-29(70)21-86-53(46(49)83)92-48-25(3)89-55(45(82)42(48)79)95-51-41(78)36(73)24(2)88-58(51)97-59(85)65-15-14-60(4,5)16-27(65)26-10-11-33-61(6)17-28(69)52(62(7,22-68)32(61)12-13-63(33,8)64(26,9)18-34(65)71)96-57-47(84)50(38(75)31(20-67)91-57)94-56-44(81)40(77)37(74)30(19-66)90-56/h10,23-25,27-58,66-84H,11-22H2,1-9H3/t23-,24+,25-,27-,28-,29+,30+,31+,32+,33+,34-,35-,36-,37+,38+,39+,40-,41-,42-,43+,44+,45+,46+,47+,48-,49-,50-,51+,52-,53-,54-,55-,56-,57-,58-,61-,62-,63+,64+,65+/m0/s1. The Morgan fingerprint density at radius 3 is 1.63 bits per heavy atom. The summed E-state index contributed by atoms with van der Waals surface area (Å²) in [5, 5.41) is 212. The smallest absolute Gasteiger partial charge is 0.317 e. The van der Waals surface area contributed by atoms with Gasteiger partial charge in [-0.3, -0.25) is 4.79 Å². The molecule has 558 valence electrons. The van der Waals surface area contributed by atoms with E-state index in [2.05, 4.69) is 40.7 Å². The first kappa shape index (κ1) is 76.1. The summed E-state index contributed by atoms with van der Waals surface area (Å²) in [4.78, 5) is 15.7. The number of aliphatic hydroxyl groups excluding tert-OH is 19. The molecule has 0 unspecified atom stereocenters. The molecule has 6 saturated heterocycles. The van der Waals surface area contributed by atoms with Crippen molar-refractivity contribution < 1.29 is 159 Å². The Labute approximate surface area is 561 Å². The Bertz CT molecular complexity index is 2750. The van der Waals surface area contributed by atoms with E-state index in [-0.39, 0.29) is 36.5 Å². The summed E-state index contributed by atoms with van der Waals surface area (Å²) < 4.78 is 71.2. The van der Waals surface area contributed by atoms with Crippen LogP contribution in [0.25, 0.3) is 0 Å². The molecular weight excluding hydrogens is 1290 g/mol. The fourth-order valence-corrected chi connectivity index (χ4v) is 19.3. The highest BCUT2D eigenvalue weighted by Crippen LogP contribution is 2.76. The van der Waals surface area contributed by atoms with Crippen LogP contribution in [0.4, 0.5) is 0 Å². The molecule has 19 N–H and O–H groups in total. The molecule has 0 bridgehead atoms. The predicted molar refractivity (Wildman–Crippen MR) is 322 cm³/mol. The lowest BCUT2D eigenvalue weighted by Crippen LogP contribution is -2.71. The largest absolute Gasteiger partial charge is 0.432 e. The average Bonchev–Trinajstić information content (AvgIpc) is 0.670. The van der Waals surface area contributed by atoms with Gasteiger partial charge in [0.1, 0.15) is 121 Å². The van der Waals surface area contributed by atoms with Crippen LogP contribution in [0.2, 0.25) is 0 Å². The third-order valence-electron chi connectivity index (χ3n) is 25.3. The quantitative estimate of drug-likeness (QED) is 0.0413. The molecule has 10 fully saturated rings. The molecule has 97 heavy (non-hydrogen) atoms. The number of fused-ring (bicyclic) bond motifs is 7. The molecule has 11 rings (SSSR count). The monoisotopic (exact) mass is 1400 g/mol. The van der Waals surface area contributed by atoms with Crippen molar-refractivity contribution in [2.75, 3.05) is 26.4 Å². The second kappa shape index (κ2) is 28.1.